The summed E-state index contributed by atoms with van der Waals surface area (Å²) in [6.07, 6.45) is 0. The molecule has 0 saturated heterocycles. The van der Waals surface area contributed by atoms with Crippen LogP contribution >= 0.6 is 0 Å². The zero-order valence-electron chi connectivity index (χ0n) is 36.2. The second-order valence-electron chi connectivity index (χ2n) is 16.5. The fraction of sp³-hybridized carbons (Fsp3) is 0.319. The summed E-state index contributed by atoms with van der Waals surface area (Å²) in [5.41, 5.74) is 4.43. The molecule has 0 unspecified atom stereocenters. The highest BCUT2D eigenvalue weighted by atomic mass is 16.5. The van der Waals surface area contributed by atoms with E-state index in [9.17, 15) is 9.59 Å². The Morgan fingerprint density at radius 2 is 1.16 bits per heavy atom. The van der Waals surface area contributed by atoms with Gasteiger partial charge in [-0.15, -0.1) is 0 Å². The van der Waals surface area contributed by atoms with Gasteiger partial charge in [0.2, 0.25) is 0 Å². The van der Waals surface area contributed by atoms with Crippen molar-refractivity contribution < 1.29 is 28.5 Å². The number of aromatic nitrogens is 4. The van der Waals surface area contributed by atoms with Crippen molar-refractivity contribution in [1.29, 1.82) is 0 Å². The van der Waals surface area contributed by atoms with Crippen molar-refractivity contribution in [3.05, 3.63) is 108 Å². The SMILES string of the molecule is CCNC1=C(c2nc3ccccc3[nH]2)C(=O)C(C)(C)N1c1cc(OC)cc(OCc2ccc3nc(C4=C(NC(C)C)N(c5cc(OC)cc(OC)c5)C(C)(C)C4=O)[nH]c3c2)c1. The summed E-state index contributed by atoms with van der Waals surface area (Å²) in [7, 11) is 4.81. The predicted molar refractivity (Wildman–Crippen MR) is 238 cm³/mol. The molecular weight excluding hydrogens is 773 g/mol. The number of benzene rings is 4. The van der Waals surface area contributed by atoms with Gasteiger partial charge in [-0.1, -0.05) is 18.2 Å². The number of fused-ring (bicyclic) bond motifs is 2. The molecule has 0 fully saturated rings. The molecule has 4 heterocycles. The Hall–Kier alpha value is -6.96. The van der Waals surface area contributed by atoms with Gasteiger partial charge in [-0.2, -0.15) is 0 Å². The standard InChI is InChI=1S/C47H52N8O6/c1-11-48-44-38(42-50-34-14-12-13-15-35(34)51-42)40(56)46(4,5)54(44)29-21-32(60-10)24-33(22-29)61-25-27-16-17-36-37(18-27)53-43(52-36)39-41(57)47(6,7)55(45(39)49-26(2)3)28-19-30(58-8)23-31(20-28)59-9/h12-24,26,48-49H,11,25H2,1-10H3,(H,50,51)(H,52,53). The number of aromatic amines is 2. The van der Waals surface area contributed by atoms with E-state index in [0.717, 1.165) is 27.8 Å². The fourth-order valence-electron chi connectivity index (χ4n) is 8.21. The Morgan fingerprint density at radius 3 is 1.72 bits per heavy atom. The number of hydrogen-bond donors (Lipinski definition) is 4. The van der Waals surface area contributed by atoms with Crippen LogP contribution in [0.15, 0.2) is 90.5 Å². The molecule has 4 aromatic carbocycles. The molecule has 2 aliphatic heterocycles. The molecule has 14 nitrogen and oxygen atoms in total. The average Bonchev–Trinajstić information content (AvgIpc) is 3.95. The molecule has 0 radical (unpaired) electrons. The van der Waals surface area contributed by atoms with Gasteiger partial charge < -0.3 is 49.3 Å². The van der Waals surface area contributed by atoms with E-state index in [1.54, 1.807) is 27.4 Å². The molecular formula is C47H52N8O6. The Labute approximate surface area is 354 Å². The summed E-state index contributed by atoms with van der Waals surface area (Å²) >= 11 is 0. The van der Waals surface area contributed by atoms with Crippen LogP contribution in [0.4, 0.5) is 11.4 Å². The van der Waals surface area contributed by atoms with E-state index < -0.39 is 11.1 Å². The van der Waals surface area contributed by atoms with Crippen LogP contribution in [0.5, 0.6) is 23.0 Å². The summed E-state index contributed by atoms with van der Waals surface area (Å²) in [5.74, 6) is 4.43. The highest BCUT2D eigenvalue weighted by molar-refractivity contribution is 6.30. The maximum absolute atomic E-state index is 14.4. The lowest BCUT2D eigenvalue weighted by Gasteiger charge is -2.35. The normalized spacial score (nSPS) is 16.1. The maximum Gasteiger partial charge on any atom is 0.195 e. The van der Waals surface area contributed by atoms with E-state index in [0.29, 0.717) is 75.2 Å². The van der Waals surface area contributed by atoms with Crippen molar-refractivity contribution in [2.24, 2.45) is 0 Å². The third kappa shape index (κ3) is 7.15. The van der Waals surface area contributed by atoms with Crippen LogP contribution in [0, 0.1) is 0 Å². The number of H-pyrrole nitrogens is 2. The Bertz CT molecular complexity index is 2700. The second-order valence-corrected chi connectivity index (χ2v) is 16.5. The highest BCUT2D eigenvalue weighted by Crippen LogP contribution is 2.45. The molecule has 0 spiro atoms. The van der Waals surface area contributed by atoms with Gasteiger partial charge in [0.05, 0.1) is 54.8 Å². The highest BCUT2D eigenvalue weighted by Gasteiger charge is 2.50. The average molecular weight is 825 g/mol. The number of para-hydroxylation sites is 2. The first-order chi connectivity index (χ1) is 29.2. The van der Waals surface area contributed by atoms with Crippen molar-refractivity contribution in [3.63, 3.8) is 0 Å². The van der Waals surface area contributed by atoms with Gasteiger partial charge in [0.15, 0.2) is 11.6 Å². The molecule has 0 aliphatic carbocycles. The summed E-state index contributed by atoms with van der Waals surface area (Å²) in [5, 5.41) is 7.00. The van der Waals surface area contributed by atoms with Gasteiger partial charge in [0.25, 0.3) is 0 Å². The number of nitrogens with zero attached hydrogens (tertiary/aromatic N) is 4. The van der Waals surface area contributed by atoms with E-state index in [-0.39, 0.29) is 24.2 Å². The van der Waals surface area contributed by atoms with Crippen LogP contribution < -0.4 is 39.4 Å². The van der Waals surface area contributed by atoms with Gasteiger partial charge in [-0.3, -0.25) is 9.59 Å². The van der Waals surface area contributed by atoms with Crippen LogP contribution in [0.1, 0.15) is 65.7 Å². The van der Waals surface area contributed by atoms with Crippen LogP contribution in [0.3, 0.4) is 0 Å². The topological polar surface area (TPSA) is 159 Å². The maximum atomic E-state index is 14.4. The molecule has 0 amide bonds. The summed E-state index contributed by atoms with van der Waals surface area (Å²) in [6, 6.07) is 24.8. The number of carbonyl (C=O) groups is 2. The summed E-state index contributed by atoms with van der Waals surface area (Å²) < 4.78 is 23.4. The largest absolute Gasteiger partial charge is 0.497 e. The van der Waals surface area contributed by atoms with Crippen molar-refractivity contribution in [1.82, 2.24) is 30.6 Å². The molecule has 0 bridgehead atoms. The van der Waals surface area contributed by atoms with Crippen LogP contribution in [-0.4, -0.2) is 76.5 Å². The number of methoxy groups -OCH3 is 3. The van der Waals surface area contributed by atoms with Crippen LogP contribution in [0.25, 0.3) is 33.2 Å². The number of hydrogen-bond acceptors (Lipinski definition) is 12. The number of imidazole rings is 2. The number of nitrogens with one attached hydrogen (secondary N) is 4. The molecule has 2 aliphatic rings. The van der Waals surface area contributed by atoms with Gasteiger partial charge >= 0.3 is 0 Å². The second kappa shape index (κ2) is 15.6. The summed E-state index contributed by atoms with van der Waals surface area (Å²) in [6.45, 7) is 14.5. The molecule has 8 rings (SSSR count). The van der Waals surface area contributed by atoms with Crippen molar-refractivity contribution >= 4 is 56.2 Å². The van der Waals surface area contributed by atoms with Crippen LogP contribution in [0.2, 0.25) is 0 Å². The van der Waals surface area contributed by atoms with E-state index >= 15 is 0 Å². The third-order valence-electron chi connectivity index (χ3n) is 11.1. The monoisotopic (exact) mass is 824 g/mol. The van der Waals surface area contributed by atoms with Crippen molar-refractivity contribution in [2.45, 2.75) is 72.2 Å². The Balaban J connectivity index is 1.11. The minimum absolute atomic E-state index is 0.00752. The number of Topliss-reactive ketones (excluding diaryl/α,β-unsaturated/α-hetero) is 2. The predicted octanol–water partition coefficient (Wildman–Crippen LogP) is 7.72. The summed E-state index contributed by atoms with van der Waals surface area (Å²) in [4.78, 5) is 49.2. The lowest BCUT2D eigenvalue weighted by molar-refractivity contribution is -0.117. The molecule has 316 valence electrons. The molecule has 0 saturated carbocycles. The van der Waals surface area contributed by atoms with E-state index in [4.69, 9.17) is 28.9 Å². The van der Waals surface area contributed by atoms with Gasteiger partial charge in [-0.25, -0.2) is 9.97 Å². The number of carbonyl (C=O) groups excluding carboxylic acids is 2. The first-order valence-electron chi connectivity index (χ1n) is 20.4. The van der Waals surface area contributed by atoms with E-state index in [1.165, 1.54) is 0 Å². The van der Waals surface area contributed by atoms with E-state index in [1.807, 2.05) is 131 Å². The van der Waals surface area contributed by atoms with E-state index in [2.05, 4.69) is 20.6 Å². The number of rotatable bonds is 14. The first-order valence-corrected chi connectivity index (χ1v) is 20.4. The molecule has 14 heteroatoms. The quantitative estimate of drug-likeness (QED) is 0.0849. The lowest BCUT2D eigenvalue weighted by atomic mass is 9.95. The van der Waals surface area contributed by atoms with Crippen molar-refractivity contribution in [2.75, 3.05) is 37.7 Å². The molecule has 61 heavy (non-hydrogen) atoms. The van der Waals surface area contributed by atoms with Crippen molar-refractivity contribution in [3.8, 4) is 23.0 Å². The number of ether oxygens (including phenoxy) is 4. The minimum atomic E-state index is -0.966. The van der Waals surface area contributed by atoms with Crippen LogP contribution in [-0.2, 0) is 16.2 Å². The Morgan fingerprint density at radius 1 is 0.656 bits per heavy atom. The molecule has 6 aromatic rings. The minimum Gasteiger partial charge on any atom is -0.497 e. The number of ketones is 2. The third-order valence-corrected chi connectivity index (χ3v) is 11.1. The molecule has 2 aromatic heterocycles. The number of anilines is 2. The Kier molecular flexibility index (Phi) is 10.4. The van der Waals surface area contributed by atoms with Gasteiger partial charge in [0.1, 0.15) is 75.1 Å². The first kappa shape index (κ1) is 40.8. The zero-order valence-corrected chi connectivity index (χ0v) is 36.2. The lowest BCUT2D eigenvalue weighted by Crippen LogP contribution is -2.47. The molecule has 0 atom stereocenters. The fourth-order valence-corrected chi connectivity index (χ4v) is 8.21. The van der Waals surface area contributed by atoms with Gasteiger partial charge in [0, 0.05) is 49.0 Å². The molecule has 4 N–H and O–H groups in total. The smallest absolute Gasteiger partial charge is 0.195 e. The van der Waals surface area contributed by atoms with Gasteiger partial charge in [-0.05, 0) is 78.3 Å². The zero-order chi connectivity index (χ0) is 43.4.